The fourth-order valence-electron chi connectivity index (χ4n) is 1.15. The molecular weight excluding hydrogens is 204 g/mol. The van der Waals surface area contributed by atoms with E-state index in [2.05, 4.69) is 10.9 Å². The minimum absolute atomic E-state index is 0.252. The molecule has 4 heteroatoms. The van der Waals surface area contributed by atoms with Gasteiger partial charge in [0, 0.05) is 31.4 Å². The Hall–Kier alpha value is -2.02. The van der Waals surface area contributed by atoms with Gasteiger partial charge in [0.2, 0.25) is 0 Å². The number of hydrogen-bond donors (Lipinski definition) is 0. The van der Waals surface area contributed by atoms with Gasteiger partial charge in [-0.2, -0.15) is 0 Å². The molecule has 1 aromatic heterocycles. The van der Waals surface area contributed by atoms with Gasteiger partial charge in [0.1, 0.15) is 12.4 Å². The summed E-state index contributed by atoms with van der Waals surface area (Å²) in [5, 5.41) is 0. The molecule has 0 amide bonds. The zero-order valence-corrected chi connectivity index (χ0v) is 9.22. The van der Waals surface area contributed by atoms with E-state index in [9.17, 15) is 4.79 Å². The number of esters is 1. The van der Waals surface area contributed by atoms with E-state index in [4.69, 9.17) is 11.2 Å². The number of nitrogens with zero attached hydrogens (tertiary/aromatic N) is 2. The van der Waals surface area contributed by atoms with Crippen molar-refractivity contribution in [3.63, 3.8) is 0 Å². The predicted octanol–water partition coefficient (Wildman–Crippen LogP) is 1.48. The van der Waals surface area contributed by atoms with E-state index < -0.39 is 5.97 Å². The van der Waals surface area contributed by atoms with E-state index in [1.54, 1.807) is 12.3 Å². The molecule has 0 saturated heterocycles. The molecular formula is C12H14N2O2. The fourth-order valence-corrected chi connectivity index (χ4v) is 1.15. The van der Waals surface area contributed by atoms with Crippen LogP contribution in [0.2, 0.25) is 0 Å². The average molecular weight is 218 g/mol. The molecule has 0 saturated carbocycles. The maximum absolute atomic E-state index is 11.2. The molecule has 0 bridgehead atoms. The van der Waals surface area contributed by atoms with Crippen molar-refractivity contribution in [3.8, 4) is 12.3 Å². The third-order valence-electron chi connectivity index (χ3n) is 1.95. The second-order valence-corrected chi connectivity index (χ2v) is 3.03. The zero-order valence-electron chi connectivity index (χ0n) is 9.22. The number of rotatable bonds is 5. The molecule has 4 nitrogen and oxygen atoms in total. The van der Waals surface area contributed by atoms with Gasteiger partial charge in [0.15, 0.2) is 0 Å². The SMILES string of the molecule is C#CCCOC(=O)/C=C/c1nccn1CC. The Morgan fingerprint density at radius 2 is 2.56 bits per heavy atom. The Kier molecular flexibility index (Phi) is 4.87. The van der Waals surface area contributed by atoms with Gasteiger partial charge in [0.25, 0.3) is 0 Å². The van der Waals surface area contributed by atoms with Crippen LogP contribution in [-0.2, 0) is 16.1 Å². The Balaban J connectivity index is 2.47. The van der Waals surface area contributed by atoms with Crippen molar-refractivity contribution in [1.29, 1.82) is 0 Å². The summed E-state index contributed by atoms with van der Waals surface area (Å²) in [5.41, 5.74) is 0. The van der Waals surface area contributed by atoms with Crippen molar-refractivity contribution >= 4 is 12.0 Å². The highest BCUT2D eigenvalue weighted by atomic mass is 16.5. The lowest BCUT2D eigenvalue weighted by atomic mass is 10.4. The molecule has 0 atom stereocenters. The van der Waals surface area contributed by atoms with Crippen LogP contribution >= 0.6 is 0 Å². The third kappa shape index (κ3) is 3.62. The molecule has 1 heterocycles. The monoisotopic (exact) mass is 218 g/mol. The van der Waals surface area contributed by atoms with Crippen LogP contribution in [0.25, 0.3) is 6.08 Å². The minimum atomic E-state index is -0.402. The second kappa shape index (κ2) is 6.46. The number of carbonyl (C=O) groups excluding carboxylic acids is 1. The lowest BCUT2D eigenvalue weighted by molar-refractivity contribution is -0.137. The van der Waals surface area contributed by atoms with Gasteiger partial charge >= 0.3 is 5.97 Å². The van der Waals surface area contributed by atoms with Gasteiger partial charge in [0.05, 0.1) is 0 Å². The van der Waals surface area contributed by atoms with E-state index in [-0.39, 0.29) is 6.61 Å². The van der Waals surface area contributed by atoms with Crippen molar-refractivity contribution in [1.82, 2.24) is 9.55 Å². The highest BCUT2D eigenvalue weighted by Gasteiger charge is 1.99. The molecule has 0 fully saturated rings. The average Bonchev–Trinajstić information content (AvgIpc) is 2.74. The first kappa shape index (κ1) is 12.1. The molecule has 1 rings (SSSR count). The molecule has 84 valence electrons. The second-order valence-electron chi connectivity index (χ2n) is 3.03. The summed E-state index contributed by atoms with van der Waals surface area (Å²) in [6, 6.07) is 0. The summed E-state index contributed by atoms with van der Waals surface area (Å²) < 4.78 is 6.77. The fraction of sp³-hybridized carbons (Fsp3) is 0.333. The molecule has 0 aliphatic heterocycles. The van der Waals surface area contributed by atoms with Crippen LogP contribution in [0.4, 0.5) is 0 Å². The summed E-state index contributed by atoms with van der Waals surface area (Å²) >= 11 is 0. The first-order valence-electron chi connectivity index (χ1n) is 5.07. The number of terminal acetylenes is 1. The molecule has 1 aromatic rings. The van der Waals surface area contributed by atoms with Crippen LogP contribution in [0.1, 0.15) is 19.2 Å². The van der Waals surface area contributed by atoms with Crippen molar-refractivity contribution in [2.45, 2.75) is 19.9 Å². The van der Waals surface area contributed by atoms with Crippen LogP contribution in [0.15, 0.2) is 18.5 Å². The number of hydrogen-bond acceptors (Lipinski definition) is 3. The molecule has 0 N–H and O–H groups in total. The van der Waals surface area contributed by atoms with E-state index in [1.807, 2.05) is 17.7 Å². The van der Waals surface area contributed by atoms with Gasteiger partial charge in [-0.1, -0.05) is 0 Å². The number of aryl methyl sites for hydroxylation is 1. The van der Waals surface area contributed by atoms with Crippen LogP contribution in [0, 0.1) is 12.3 Å². The Labute approximate surface area is 94.9 Å². The van der Waals surface area contributed by atoms with E-state index >= 15 is 0 Å². The van der Waals surface area contributed by atoms with E-state index in [0.29, 0.717) is 6.42 Å². The lowest BCUT2D eigenvalue weighted by Crippen LogP contribution is -2.02. The lowest BCUT2D eigenvalue weighted by Gasteiger charge is -1.99. The quantitative estimate of drug-likeness (QED) is 0.325. The van der Waals surface area contributed by atoms with E-state index in [1.165, 1.54) is 6.08 Å². The van der Waals surface area contributed by atoms with Crippen LogP contribution in [-0.4, -0.2) is 22.1 Å². The van der Waals surface area contributed by atoms with Crippen molar-refractivity contribution in [3.05, 3.63) is 24.3 Å². The van der Waals surface area contributed by atoms with Crippen LogP contribution < -0.4 is 0 Å². The van der Waals surface area contributed by atoms with Crippen molar-refractivity contribution in [2.75, 3.05) is 6.61 Å². The zero-order chi connectivity index (χ0) is 11.8. The van der Waals surface area contributed by atoms with Crippen molar-refractivity contribution in [2.24, 2.45) is 0 Å². The van der Waals surface area contributed by atoms with Crippen molar-refractivity contribution < 1.29 is 9.53 Å². The highest BCUT2D eigenvalue weighted by molar-refractivity contribution is 5.86. The summed E-state index contributed by atoms with van der Waals surface area (Å²) in [4.78, 5) is 15.3. The van der Waals surface area contributed by atoms with Gasteiger partial charge in [-0.3, -0.25) is 0 Å². The molecule has 16 heavy (non-hydrogen) atoms. The maximum Gasteiger partial charge on any atom is 0.330 e. The third-order valence-corrected chi connectivity index (χ3v) is 1.95. The molecule has 0 aliphatic rings. The Morgan fingerprint density at radius 1 is 1.75 bits per heavy atom. The number of carbonyl (C=O) groups is 1. The first-order valence-corrected chi connectivity index (χ1v) is 5.07. The predicted molar refractivity (Wildman–Crippen MR) is 61.3 cm³/mol. The first-order chi connectivity index (χ1) is 7.77. The Bertz CT molecular complexity index is 413. The number of ether oxygens (including phenoxy) is 1. The molecule has 0 aromatic carbocycles. The van der Waals surface area contributed by atoms with Crippen LogP contribution in [0.5, 0.6) is 0 Å². The summed E-state index contributed by atoms with van der Waals surface area (Å²) in [6.45, 7) is 3.07. The summed E-state index contributed by atoms with van der Waals surface area (Å²) in [6.07, 6.45) is 12.0. The summed E-state index contributed by atoms with van der Waals surface area (Å²) in [5.74, 6) is 2.72. The van der Waals surface area contributed by atoms with E-state index in [0.717, 1.165) is 12.4 Å². The van der Waals surface area contributed by atoms with Crippen LogP contribution in [0.3, 0.4) is 0 Å². The maximum atomic E-state index is 11.2. The molecule has 0 aliphatic carbocycles. The summed E-state index contributed by atoms with van der Waals surface area (Å²) in [7, 11) is 0. The molecule has 0 unspecified atom stereocenters. The standard InChI is InChI=1S/C12H14N2O2/c1-3-5-10-16-12(15)7-6-11-13-8-9-14(11)4-2/h1,6-9H,4-5,10H2,2H3/b7-6+. The topological polar surface area (TPSA) is 44.1 Å². The minimum Gasteiger partial charge on any atom is -0.462 e. The largest absolute Gasteiger partial charge is 0.462 e. The number of imidazole rings is 1. The number of aromatic nitrogens is 2. The molecule has 0 spiro atoms. The highest BCUT2D eigenvalue weighted by Crippen LogP contribution is 2.00. The normalized spacial score (nSPS) is 10.2. The smallest absolute Gasteiger partial charge is 0.330 e. The van der Waals surface area contributed by atoms with Gasteiger partial charge in [-0.05, 0) is 13.0 Å². The van der Waals surface area contributed by atoms with Gasteiger partial charge < -0.3 is 9.30 Å². The Morgan fingerprint density at radius 3 is 3.25 bits per heavy atom. The van der Waals surface area contributed by atoms with Gasteiger partial charge in [-0.25, -0.2) is 9.78 Å². The van der Waals surface area contributed by atoms with Gasteiger partial charge in [-0.15, -0.1) is 12.3 Å². The molecule has 0 radical (unpaired) electrons.